The van der Waals surface area contributed by atoms with Crippen molar-refractivity contribution in [2.75, 3.05) is 27.4 Å². The van der Waals surface area contributed by atoms with Crippen molar-refractivity contribution >= 4 is 46.5 Å². The molecule has 1 saturated heterocycles. The van der Waals surface area contributed by atoms with Crippen LogP contribution < -0.4 is 15.1 Å². The van der Waals surface area contributed by atoms with Crippen LogP contribution in [0, 0.1) is 13.8 Å². The first-order valence-electron chi connectivity index (χ1n) is 11.7. The van der Waals surface area contributed by atoms with Crippen LogP contribution in [0.25, 0.3) is 0 Å². The molecule has 6 nitrogen and oxygen atoms in total. The number of fused-ring (bicyclic) bond motifs is 2. The Balaban J connectivity index is 1.51. The third-order valence-electron chi connectivity index (χ3n) is 6.66. The molecule has 0 saturated carbocycles. The largest absolute Gasteiger partial charge is 0.324 e. The van der Waals surface area contributed by atoms with E-state index in [0.717, 1.165) is 34.4 Å². The molecule has 0 bridgehead atoms. The number of thioether (sulfide) groups is 1. The molecule has 5 rings (SSSR count). The van der Waals surface area contributed by atoms with Gasteiger partial charge in [0.2, 0.25) is 16.7 Å². The van der Waals surface area contributed by atoms with Crippen LogP contribution in [0.5, 0.6) is 0 Å². The second-order valence-corrected chi connectivity index (χ2v) is 10.1. The first kappa shape index (κ1) is 23.2. The summed E-state index contributed by atoms with van der Waals surface area (Å²) >= 11 is 1.32. The van der Waals surface area contributed by atoms with Gasteiger partial charge >= 0.3 is 0 Å². The second-order valence-electron chi connectivity index (χ2n) is 8.92. The predicted molar refractivity (Wildman–Crippen MR) is 141 cm³/mol. The number of anilines is 3. The van der Waals surface area contributed by atoms with Crippen LogP contribution in [0.4, 0.5) is 17.1 Å². The number of nitrogens with one attached hydrogen (secondary N) is 1. The maximum Gasteiger partial charge on any atom is 0.269 e. The lowest BCUT2D eigenvalue weighted by Crippen LogP contribution is -2.50. The Morgan fingerprint density at radius 2 is 1.74 bits per heavy atom. The van der Waals surface area contributed by atoms with E-state index in [1.165, 1.54) is 16.7 Å². The fourth-order valence-corrected chi connectivity index (χ4v) is 6.29. The number of hydrogen-bond donors (Lipinski definition) is 1. The van der Waals surface area contributed by atoms with E-state index >= 15 is 0 Å². The molecule has 3 aromatic rings. The van der Waals surface area contributed by atoms with Crippen LogP contribution >= 0.6 is 11.8 Å². The summed E-state index contributed by atoms with van der Waals surface area (Å²) in [6.07, 6.45) is 0.788. The van der Waals surface area contributed by atoms with Crippen LogP contribution in [0.2, 0.25) is 0 Å². The summed E-state index contributed by atoms with van der Waals surface area (Å²) in [7, 11) is 0. The van der Waals surface area contributed by atoms with E-state index in [-0.39, 0.29) is 30.0 Å². The van der Waals surface area contributed by atoms with Gasteiger partial charge in [0.15, 0.2) is 0 Å². The minimum Gasteiger partial charge on any atom is -0.324 e. The van der Waals surface area contributed by atoms with Gasteiger partial charge in [0, 0.05) is 16.9 Å². The van der Waals surface area contributed by atoms with Crippen LogP contribution in [-0.4, -0.2) is 30.0 Å². The molecule has 7 heteroatoms. The van der Waals surface area contributed by atoms with Crippen molar-refractivity contribution in [1.82, 2.24) is 0 Å². The average molecular weight is 486 g/mol. The first-order chi connectivity index (χ1) is 16.9. The molecule has 178 valence electrons. The molecule has 1 fully saturated rings. The van der Waals surface area contributed by atoms with Gasteiger partial charge in [-0.2, -0.15) is 0 Å². The standard InChI is InChI=1S/C28H27N3O3S/c1-4-20-9-7-8-19(3)26(20)29-24(32)16-30-23-11-6-5-10-22(23)28(27(30)34)31(25(33)17-35-28)21-14-12-18(2)13-15-21/h5-15H,4,16-17H2,1-3H3,(H,29,32). The fraction of sp³-hybridized carbons (Fsp3) is 0.250. The van der Waals surface area contributed by atoms with Crippen molar-refractivity contribution in [3.8, 4) is 0 Å². The summed E-state index contributed by atoms with van der Waals surface area (Å²) in [4.78, 5) is 42.3. The molecule has 3 aromatic carbocycles. The zero-order chi connectivity index (χ0) is 24.7. The van der Waals surface area contributed by atoms with Gasteiger partial charge in [0.1, 0.15) is 6.54 Å². The maximum atomic E-state index is 14.1. The molecule has 0 aliphatic carbocycles. The lowest BCUT2D eigenvalue weighted by atomic mass is 10.0. The Hall–Kier alpha value is -3.58. The second kappa shape index (κ2) is 8.89. The minimum absolute atomic E-state index is 0.124. The molecule has 0 radical (unpaired) electrons. The van der Waals surface area contributed by atoms with Gasteiger partial charge in [-0.15, -0.1) is 11.8 Å². The molecule has 1 N–H and O–H groups in total. The van der Waals surface area contributed by atoms with Gasteiger partial charge in [0.25, 0.3) is 5.91 Å². The number of nitrogens with zero attached hydrogens (tertiary/aromatic N) is 2. The fourth-order valence-electron chi connectivity index (χ4n) is 4.93. The van der Waals surface area contributed by atoms with Crippen LogP contribution in [0.3, 0.4) is 0 Å². The lowest BCUT2D eigenvalue weighted by Gasteiger charge is -2.33. The minimum atomic E-state index is -1.22. The molecule has 0 aromatic heterocycles. The third kappa shape index (κ3) is 3.71. The van der Waals surface area contributed by atoms with E-state index in [4.69, 9.17) is 0 Å². The Morgan fingerprint density at radius 1 is 1.00 bits per heavy atom. The number of rotatable bonds is 5. The summed E-state index contributed by atoms with van der Waals surface area (Å²) in [6.45, 7) is 5.85. The zero-order valence-electron chi connectivity index (χ0n) is 20.0. The van der Waals surface area contributed by atoms with Gasteiger partial charge in [-0.25, -0.2) is 0 Å². The van der Waals surface area contributed by atoms with Gasteiger partial charge < -0.3 is 5.32 Å². The molecule has 1 atom stereocenters. The first-order valence-corrected chi connectivity index (χ1v) is 12.7. The lowest BCUT2D eigenvalue weighted by molar-refractivity contribution is -0.124. The van der Waals surface area contributed by atoms with Crippen LogP contribution in [-0.2, 0) is 25.7 Å². The summed E-state index contributed by atoms with van der Waals surface area (Å²) in [5, 5.41) is 3.02. The van der Waals surface area contributed by atoms with E-state index in [1.807, 2.05) is 87.5 Å². The highest BCUT2D eigenvalue weighted by Gasteiger charge is 2.61. The van der Waals surface area contributed by atoms with Gasteiger partial charge in [0.05, 0.1) is 11.4 Å². The van der Waals surface area contributed by atoms with E-state index < -0.39 is 4.87 Å². The van der Waals surface area contributed by atoms with E-state index in [2.05, 4.69) is 5.32 Å². The van der Waals surface area contributed by atoms with Crippen LogP contribution in [0.1, 0.15) is 29.2 Å². The molecular formula is C28H27N3O3S. The normalized spacial score (nSPS) is 18.9. The number of para-hydroxylation sites is 2. The quantitative estimate of drug-likeness (QED) is 0.565. The predicted octanol–water partition coefficient (Wildman–Crippen LogP) is 4.78. The maximum absolute atomic E-state index is 14.1. The highest BCUT2D eigenvalue weighted by molar-refractivity contribution is 8.02. The highest BCUT2D eigenvalue weighted by atomic mass is 32.2. The molecule has 1 unspecified atom stereocenters. The van der Waals surface area contributed by atoms with Crippen molar-refractivity contribution in [2.24, 2.45) is 0 Å². The molecule has 35 heavy (non-hydrogen) atoms. The summed E-state index contributed by atoms with van der Waals surface area (Å²) < 4.78 is 0. The van der Waals surface area contributed by atoms with Gasteiger partial charge in [-0.1, -0.05) is 61.0 Å². The summed E-state index contributed by atoms with van der Waals surface area (Å²) in [5.41, 5.74) is 5.96. The number of hydrogen-bond acceptors (Lipinski definition) is 4. The van der Waals surface area contributed by atoms with Gasteiger partial charge in [-0.3, -0.25) is 24.2 Å². The van der Waals surface area contributed by atoms with Crippen molar-refractivity contribution in [1.29, 1.82) is 0 Å². The molecule has 2 aliphatic heterocycles. The van der Waals surface area contributed by atoms with Crippen molar-refractivity contribution in [2.45, 2.75) is 32.1 Å². The van der Waals surface area contributed by atoms with E-state index in [9.17, 15) is 14.4 Å². The Bertz CT molecular complexity index is 1340. The number of aryl methyl sites for hydroxylation is 3. The number of benzene rings is 3. The van der Waals surface area contributed by atoms with Crippen molar-refractivity contribution < 1.29 is 14.4 Å². The van der Waals surface area contributed by atoms with Gasteiger partial charge in [-0.05, 0) is 49.6 Å². The molecule has 3 amide bonds. The Kier molecular flexibility index (Phi) is 5.89. The SMILES string of the molecule is CCc1cccc(C)c1NC(=O)CN1C(=O)C2(SCC(=O)N2c2ccc(C)cc2)c2ccccc21. The monoisotopic (exact) mass is 485 g/mol. The summed E-state index contributed by atoms with van der Waals surface area (Å²) in [5.74, 6) is -0.478. The molecule has 2 heterocycles. The van der Waals surface area contributed by atoms with E-state index in [1.54, 1.807) is 4.90 Å². The van der Waals surface area contributed by atoms with Crippen LogP contribution in [0.15, 0.2) is 66.7 Å². The van der Waals surface area contributed by atoms with E-state index in [0.29, 0.717) is 11.4 Å². The van der Waals surface area contributed by atoms with Crippen molar-refractivity contribution in [3.63, 3.8) is 0 Å². The molecular weight excluding hydrogens is 458 g/mol. The number of carbonyl (C=O) groups excluding carboxylic acids is 3. The Morgan fingerprint density at radius 3 is 2.49 bits per heavy atom. The average Bonchev–Trinajstić information content (AvgIpc) is 3.32. The molecule has 1 spiro atoms. The molecule has 2 aliphatic rings. The number of amides is 3. The third-order valence-corrected chi connectivity index (χ3v) is 8.05. The number of carbonyl (C=O) groups is 3. The zero-order valence-corrected chi connectivity index (χ0v) is 20.8. The highest BCUT2D eigenvalue weighted by Crippen LogP contribution is 2.55. The topological polar surface area (TPSA) is 69.7 Å². The summed E-state index contributed by atoms with van der Waals surface area (Å²) in [6, 6.07) is 21.0. The van der Waals surface area contributed by atoms with Crippen molar-refractivity contribution in [3.05, 3.63) is 89.0 Å². The Labute approximate surface area is 209 Å². The smallest absolute Gasteiger partial charge is 0.269 e.